The van der Waals surface area contributed by atoms with E-state index in [0.717, 1.165) is 6.42 Å². The quantitative estimate of drug-likeness (QED) is 0.645. The molecular weight excluding hydrogens is 154 g/mol. The van der Waals surface area contributed by atoms with Gasteiger partial charge in [0.05, 0.1) is 0 Å². The largest absolute Gasteiger partial charge is 0.384 e. The monoisotopic (exact) mass is 171 g/mol. The summed E-state index contributed by atoms with van der Waals surface area (Å²) in [6.45, 7) is 1.38. The Labute approximate surface area is 72.9 Å². The lowest BCUT2D eigenvalue weighted by Gasteiger charge is -2.29. The van der Waals surface area contributed by atoms with Gasteiger partial charge in [-0.15, -0.1) is 0 Å². The summed E-state index contributed by atoms with van der Waals surface area (Å²) >= 11 is 0. The Bertz CT molecular complexity index is 166. The van der Waals surface area contributed by atoms with Crippen molar-refractivity contribution < 1.29 is 9.90 Å². The van der Waals surface area contributed by atoms with Crippen molar-refractivity contribution in [3.05, 3.63) is 0 Å². The minimum atomic E-state index is -0.953. The Balaban J connectivity index is 2.25. The molecule has 1 rings (SSSR count). The van der Waals surface area contributed by atoms with Gasteiger partial charge in [-0.05, 0) is 19.3 Å². The smallest absolute Gasteiger partial charge is 0.159 e. The van der Waals surface area contributed by atoms with Gasteiger partial charge in [0.2, 0.25) is 0 Å². The summed E-state index contributed by atoms with van der Waals surface area (Å²) < 4.78 is 0. The van der Waals surface area contributed by atoms with Crippen LogP contribution in [0, 0.1) is 5.92 Å². The number of nitrogens with two attached hydrogens (primary N) is 1. The zero-order chi connectivity index (χ0) is 9.14. The highest BCUT2D eigenvalue weighted by Crippen LogP contribution is 2.30. The molecule has 2 atom stereocenters. The lowest BCUT2D eigenvalue weighted by Crippen LogP contribution is -2.41. The molecular formula is C9H17NO2. The van der Waals surface area contributed by atoms with Crippen molar-refractivity contribution in [1.29, 1.82) is 0 Å². The van der Waals surface area contributed by atoms with Gasteiger partial charge in [-0.2, -0.15) is 0 Å². The fourth-order valence-electron chi connectivity index (χ4n) is 1.54. The van der Waals surface area contributed by atoms with Gasteiger partial charge in [0.25, 0.3) is 0 Å². The molecule has 0 saturated heterocycles. The number of ketones is 1. The number of rotatable bonds is 4. The van der Waals surface area contributed by atoms with Crippen LogP contribution in [0.1, 0.15) is 32.6 Å². The van der Waals surface area contributed by atoms with E-state index in [1.54, 1.807) is 0 Å². The Morgan fingerprint density at radius 3 is 2.58 bits per heavy atom. The summed E-state index contributed by atoms with van der Waals surface area (Å²) in [5.41, 5.74) is 5.66. The third-order valence-corrected chi connectivity index (χ3v) is 2.65. The van der Waals surface area contributed by atoms with E-state index in [1.165, 1.54) is 26.2 Å². The maximum absolute atomic E-state index is 10.7. The van der Waals surface area contributed by atoms with E-state index in [4.69, 9.17) is 5.73 Å². The first kappa shape index (κ1) is 9.68. The van der Waals surface area contributed by atoms with Gasteiger partial charge in [0.15, 0.2) is 5.78 Å². The molecule has 1 aliphatic carbocycles. The lowest BCUT2D eigenvalue weighted by atomic mass is 9.80. The number of Topliss-reactive ketones (excluding diaryl/α,β-unsaturated/α-hetero) is 1. The Hall–Kier alpha value is -0.410. The fourth-order valence-corrected chi connectivity index (χ4v) is 1.54. The van der Waals surface area contributed by atoms with E-state index in [-0.39, 0.29) is 11.8 Å². The molecule has 0 radical (unpaired) electrons. The van der Waals surface area contributed by atoms with Gasteiger partial charge in [-0.3, -0.25) is 4.79 Å². The minimum Gasteiger partial charge on any atom is -0.384 e. The van der Waals surface area contributed by atoms with Crippen LogP contribution in [-0.4, -0.2) is 23.0 Å². The van der Waals surface area contributed by atoms with Gasteiger partial charge in [0.1, 0.15) is 6.10 Å². The van der Waals surface area contributed by atoms with Crippen molar-refractivity contribution >= 4 is 5.78 Å². The van der Waals surface area contributed by atoms with Crippen LogP contribution >= 0.6 is 0 Å². The molecule has 0 aromatic carbocycles. The van der Waals surface area contributed by atoms with Gasteiger partial charge < -0.3 is 10.8 Å². The molecule has 1 fully saturated rings. The highest BCUT2D eigenvalue weighted by atomic mass is 16.3. The average Bonchev–Trinajstić information content (AvgIpc) is 1.94. The predicted octanol–water partition coefficient (Wildman–Crippen LogP) is 0.454. The maximum Gasteiger partial charge on any atom is 0.159 e. The minimum absolute atomic E-state index is 0.221. The van der Waals surface area contributed by atoms with Crippen molar-refractivity contribution in [1.82, 2.24) is 0 Å². The molecule has 70 valence electrons. The number of aliphatic hydroxyl groups is 1. The molecule has 0 heterocycles. The highest BCUT2D eigenvalue weighted by Gasteiger charge is 2.25. The molecule has 0 bridgehead atoms. The summed E-state index contributed by atoms with van der Waals surface area (Å²) in [4.78, 5) is 10.7. The van der Waals surface area contributed by atoms with Crippen molar-refractivity contribution in [3.63, 3.8) is 0 Å². The van der Waals surface area contributed by atoms with Crippen molar-refractivity contribution in [2.45, 2.75) is 44.8 Å². The molecule has 3 heteroatoms. The Kier molecular flexibility index (Phi) is 3.23. The van der Waals surface area contributed by atoms with E-state index in [0.29, 0.717) is 5.92 Å². The fraction of sp³-hybridized carbons (Fsp3) is 0.889. The first-order chi connectivity index (χ1) is 5.61. The van der Waals surface area contributed by atoms with Crippen molar-refractivity contribution in [2.75, 3.05) is 0 Å². The Morgan fingerprint density at radius 2 is 2.25 bits per heavy atom. The second-order valence-electron chi connectivity index (χ2n) is 3.75. The number of aliphatic hydroxyl groups excluding tert-OH is 1. The first-order valence-electron chi connectivity index (χ1n) is 4.55. The molecule has 0 aromatic rings. The molecule has 3 nitrogen and oxygen atoms in total. The van der Waals surface area contributed by atoms with Crippen LogP contribution in [0.3, 0.4) is 0 Å². The zero-order valence-corrected chi connectivity index (χ0v) is 7.49. The molecule has 1 aliphatic rings. The molecule has 0 spiro atoms. The second-order valence-corrected chi connectivity index (χ2v) is 3.75. The lowest BCUT2D eigenvalue weighted by molar-refractivity contribution is -0.126. The van der Waals surface area contributed by atoms with Crippen LogP contribution in [-0.2, 0) is 4.79 Å². The topological polar surface area (TPSA) is 63.3 Å². The molecule has 0 aliphatic heterocycles. The van der Waals surface area contributed by atoms with Crippen LogP contribution in [0.15, 0.2) is 0 Å². The normalized spacial score (nSPS) is 22.9. The predicted molar refractivity (Wildman–Crippen MR) is 46.6 cm³/mol. The molecule has 0 amide bonds. The van der Waals surface area contributed by atoms with E-state index in [9.17, 15) is 9.90 Å². The van der Waals surface area contributed by atoms with Crippen LogP contribution in [0.4, 0.5) is 0 Å². The number of hydrogen-bond donors (Lipinski definition) is 2. The third kappa shape index (κ3) is 2.29. The highest BCUT2D eigenvalue weighted by molar-refractivity contribution is 5.80. The molecule has 0 aromatic heterocycles. The third-order valence-electron chi connectivity index (χ3n) is 2.65. The van der Waals surface area contributed by atoms with E-state index < -0.39 is 6.10 Å². The molecule has 12 heavy (non-hydrogen) atoms. The van der Waals surface area contributed by atoms with E-state index in [2.05, 4.69) is 0 Å². The standard InChI is InChI=1S/C9H17NO2/c1-6(11)9(12)8(10)5-7-3-2-4-7/h7-9,12H,2-5,10H2,1H3/t8-,9?/m0/s1. The van der Waals surface area contributed by atoms with E-state index in [1.807, 2.05) is 0 Å². The van der Waals surface area contributed by atoms with E-state index >= 15 is 0 Å². The number of carbonyl (C=O) groups excluding carboxylic acids is 1. The van der Waals surface area contributed by atoms with Crippen molar-refractivity contribution in [2.24, 2.45) is 11.7 Å². The Morgan fingerprint density at radius 1 is 1.67 bits per heavy atom. The summed E-state index contributed by atoms with van der Waals surface area (Å²) in [6.07, 6.45) is 3.52. The first-order valence-corrected chi connectivity index (χ1v) is 4.55. The van der Waals surface area contributed by atoms with Gasteiger partial charge in [0, 0.05) is 6.04 Å². The average molecular weight is 171 g/mol. The zero-order valence-electron chi connectivity index (χ0n) is 7.49. The van der Waals surface area contributed by atoms with Crippen LogP contribution in [0.2, 0.25) is 0 Å². The summed E-state index contributed by atoms with van der Waals surface area (Å²) in [5, 5.41) is 9.29. The van der Waals surface area contributed by atoms with Crippen LogP contribution < -0.4 is 5.73 Å². The SMILES string of the molecule is CC(=O)C(O)[C@@H](N)CC1CCC1. The van der Waals surface area contributed by atoms with Crippen molar-refractivity contribution in [3.8, 4) is 0 Å². The second kappa shape index (κ2) is 4.01. The van der Waals surface area contributed by atoms with Crippen LogP contribution in [0.5, 0.6) is 0 Å². The van der Waals surface area contributed by atoms with Gasteiger partial charge in [-0.1, -0.05) is 19.3 Å². The summed E-state index contributed by atoms with van der Waals surface area (Å²) in [7, 11) is 0. The molecule has 1 saturated carbocycles. The summed E-state index contributed by atoms with van der Waals surface area (Å²) in [6, 6.07) is -0.354. The van der Waals surface area contributed by atoms with Gasteiger partial charge in [-0.25, -0.2) is 0 Å². The van der Waals surface area contributed by atoms with Gasteiger partial charge >= 0.3 is 0 Å². The van der Waals surface area contributed by atoms with Crippen LogP contribution in [0.25, 0.3) is 0 Å². The molecule has 1 unspecified atom stereocenters. The number of carbonyl (C=O) groups is 1. The summed E-state index contributed by atoms with van der Waals surface area (Å²) in [5.74, 6) is 0.427. The molecule has 3 N–H and O–H groups in total. The maximum atomic E-state index is 10.7. The number of hydrogen-bond acceptors (Lipinski definition) is 3.